The summed E-state index contributed by atoms with van der Waals surface area (Å²) in [7, 11) is 3.72. The maximum Gasteiger partial charge on any atom is 0.235 e. The van der Waals surface area contributed by atoms with E-state index in [9.17, 15) is 4.79 Å². The fraction of sp³-hybridized carbons (Fsp3) is 0.316. The number of furan rings is 1. The van der Waals surface area contributed by atoms with Crippen molar-refractivity contribution in [3.8, 4) is 11.4 Å². The molecule has 1 atom stereocenters. The Balaban J connectivity index is 1.68. The summed E-state index contributed by atoms with van der Waals surface area (Å²) in [5, 5.41) is 8.94. The number of amides is 1. The van der Waals surface area contributed by atoms with E-state index >= 15 is 0 Å². The molecule has 1 aromatic carbocycles. The molecule has 0 aliphatic heterocycles. The lowest BCUT2D eigenvalue weighted by molar-refractivity contribution is -0.129. The van der Waals surface area contributed by atoms with Crippen LogP contribution in [0.15, 0.2) is 52.2 Å². The summed E-state index contributed by atoms with van der Waals surface area (Å²) in [6, 6.07) is 11.8. The minimum absolute atomic E-state index is 0.0582. The van der Waals surface area contributed by atoms with Gasteiger partial charge in [0, 0.05) is 20.6 Å². The van der Waals surface area contributed by atoms with Gasteiger partial charge >= 0.3 is 0 Å². The highest BCUT2D eigenvalue weighted by Gasteiger charge is 2.23. The van der Waals surface area contributed by atoms with Crippen LogP contribution in [0.1, 0.15) is 18.2 Å². The van der Waals surface area contributed by atoms with Crippen LogP contribution in [0.5, 0.6) is 0 Å². The topological polar surface area (TPSA) is 64.2 Å². The molecule has 0 saturated carbocycles. The van der Waals surface area contributed by atoms with Crippen molar-refractivity contribution in [2.24, 2.45) is 7.05 Å². The zero-order chi connectivity index (χ0) is 18.7. The van der Waals surface area contributed by atoms with Crippen LogP contribution in [-0.4, -0.2) is 37.9 Å². The molecular formula is C19H22N4O2S. The van der Waals surface area contributed by atoms with Crippen molar-refractivity contribution in [3.05, 3.63) is 54.0 Å². The van der Waals surface area contributed by atoms with Gasteiger partial charge < -0.3 is 13.9 Å². The highest BCUT2D eigenvalue weighted by Crippen LogP contribution is 2.28. The standard InChI is InChI=1S/C19H22N4O2S/c1-13-16(10-11-25-13)17-20-21-19(23(17)4)26-14(2)18(24)22(3)12-15-8-6-5-7-9-15/h5-11,14H,12H2,1-4H3. The average molecular weight is 370 g/mol. The highest BCUT2D eigenvalue weighted by molar-refractivity contribution is 8.00. The quantitative estimate of drug-likeness (QED) is 0.621. The van der Waals surface area contributed by atoms with E-state index in [1.807, 2.05) is 68.9 Å². The van der Waals surface area contributed by atoms with Gasteiger partial charge in [-0.05, 0) is 25.5 Å². The van der Waals surface area contributed by atoms with Gasteiger partial charge in [-0.2, -0.15) is 0 Å². The maximum atomic E-state index is 12.7. The Labute approximate surface area is 157 Å². The molecule has 0 radical (unpaired) electrons. The van der Waals surface area contributed by atoms with E-state index in [0.717, 1.165) is 22.7 Å². The first-order valence-corrected chi connectivity index (χ1v) is 9.24. The van der Waals surface area contributed by atoms with Crippen LogP contribution < -0.4 is 0 Å². The molecule has 0 aliphatic rings. The van der Waals surface area contributed by atoms with E-state index in [2.05, 4.69) is 10.2 Å². The highest BCUT2D eigenvalue weighted by atomic mass is 32.2. The van der Waals surface area contributed by atoms with E-state index in [1.54, 1.807) is 11.2 Å². The van der Waals surface area contributed by atoms with Crippen LogP contribution in [0.3, 0.4) is 0 Å². The van der Waals surface area contributed by atoms with Crippen molar-refractivity contribution in [1.82, 2.24) is 19.7 Å². The molecular weight excluding hydrogens is 348 g/mol. The second-order valence-corrected chi connectivity index (χ2v) is 7.50. The van der Waals surface area contributed by atoms with E-state index in [1.165, 1.54) is 11.8 Å². The fourth-order valence-electron chi connectivity index (χ4n) is 2.72. The summed E-state index contributed by atoms with van der Waals surface area (Å²) in [4.78, 5) is 14.4. The number of hydrogen-bond acceptors (Lipinski definition) is 5. The van der Waals surface area contributed by atoms with Crippen LogP contribution in [0.2, 0.25) is 0 Å². The summed E-state index contributed by atoms with van der Waals surface area (Å²) in [6.45, 7) is 4.37. The lowest BCUT2D eigenvalue weighted by Gasteiger charge is -2.21. The largest absolute Gasteiger partial charge is 0.469 e. The number of hydrogen-bond donors (Lipinski definition) is 0. The third kappa shape index (κ3) is 3.83. The zero-order valence-corrected chi connectivity index (χ0v) is 16.2. The lowest BCUT2D eigenvalue weighted by atomic mass is 10.2. The molecule has 7 heteroatoms. The van der Waals surface area contributed by atoms with Gasteiger partial charge in [-0.15, -0.1) is 10.2 Å². The second-order valence-electron chi connectivity index (χ2n) is 6.20. The van der Waals surface area contributed by atoms with Crippen molar-refractivity contribution < 1.29 is 9.21 Å². The third-order valence-electron chi connectivity index (χ3n) is 4.20. The zero-order valence-electron chi connectivity index (χ0n) is 15.3. The number of aromatic nitrogens is 3. The van der Waals surface area contributed by atoms with Crippen molar-refractivity contribution in [3.63, 3.8) is 0 Å². The maximum absolute atomic E-state index is 12.7. The van der Waals surface area contributed by atoms with Crippen molar-refractivity contribution >= 4 is 17.7 Å². The van der Waals surface area contributed by atoms with Crippen molar-refractivity contribution in [2.75, 3.05) is 7.05 Å². The molecule has 0 N–H and O–H groups in total. The molecule has 3 rings (SSSR count). The number of thioether (sulfide) groups is 1. The Morgan fingerprint density at radius 2 is 2.00 bits per heavy atom. The molecule has 6 nitrogen and oxygen atoms in total. The fourth-order valence-corrected chi connectivity index (χ4v) is 3.65. The Morgan fingerprint density at radius 3 is 2.65 bits per heavy atom. The molecule has 2 heterocycles. The van der Waals surface area contributed by atoms with Gasteiger partial charge in [0.25, 0.3) is 0 Å². The minimum Gasteiger partial charge on any atom is -0.469 e. The first-order chi connectivity index (χ1) is 12.5. The second kappa shape index (κ2) is 7.78. The smallest absolute Gasteiger partial charge is 0.235 e. The molecule has 0 spiro atoms. The van der Waals surface area contributed by atoms with Gasteiger partial charge in [-0.1, -0.05) is 42.1 Å². The molecule has 0 bridgehead atoms. The van der Waals surface area contributed by atoms with Crippen molar-refractivity contribution in [1.29, 1.82) is 0 Å². The monoisotopic (exact) mass is 370 g/mol. The first kappa shape index (κ1) is 18.3. The summed E-state index contributed by atoms with van der Waals surface area (Å²) < 4.78 is 7.23. The summed E-state index contributed by atoms with van der Waals surface area (Å²) in [5.74, 6) is 1.59. The van der Waals surface area contributed by atoms with Gasteiger partial charge in [0.2, 0.25) is 5.91 Å². The van der Waals surface area contributed by atoms with Crippen LogP contribution in [0, 0.1) is 6.92 Å². The van der Waals surface area contributed by atoms with Crippen molar-refractivity contribution in [2.45, 2.75) is 30.8 Å². The van der Waals surface area contributed by atoms with Gasteiger partial charge in [0.15, 0.2) is 11.0 Å². The predicted molar refractivity (Wildman–Crippen MR) is 102 cm³/mol. The van der Waals surface area contributed by atoms with Crippen LogP contribution >= 0.6 is 11.8 Å². The number of carbonyl (C=O) groups is 1. The Hall–Kier alpha value is -2.54. The number of aryl methyl sites for hydroxylation is 1. The van der Waals surface area contributed by atoms with Crippen LogP contribution in [0.4, 0.5) is 0 Å². The molecule has 0 saturated heterocycles. The molecule has 3 aromatic rings. The van der Waals surface area contributed by atoms with Gasteiger partial charge in [0.1, 0.15) is 5.76 Å². The Bertz CT molecular complexity index is 888. The van der Waals surface area contributed by atoms with E-state index < -0.39 is 0 Å². The predicted octanol–water partition coefficient (Wildman–Crippen LogP) is 3.52. The van der Waals surface area contributed by atoms with E-state index in [-0.39, 0.29) is 11.2 Å². The number of nitrogens with zero attached hydrogens (tertiary/aromatic N) is 4. The van der Waals surface area contributed by atoms with Gasteiger partial charge in [-0.3, -0.25) is 4.79 Å². The molecule has 1 unspecified atom stereocenters. The normalized spacial score (nSPS) is 12.2. The van der Waals surface area contributed by atoms with E-state index in [0.29, 0.717) is 11.7 Å². The molecule has 0 aliphatic carbocycles. The molecule has 1 amide bonds. The van der Waals surface area contributed by atoms with Gasteiger partial charge in [0.05, 0.1) is 17.1 Å². The summed E-state index contributed by atoms with van der Waals surface area (Å²) in [5.41, 5.74) is 2.02. The Morgan fingerprint density at radius 1 is 1.27 bits per heavy atom. The molecule has 26 heavy (non-hydrogen) atoms. The molecule has 2 aromatic heterocycles. The summed E-state index contributed by atoms with van der Waals surface area (Å²) in [6.07, 6.45) is 1.64. The lowest BCUT2D eigenvalue weighted by Crippen LogP contribution is -2.32. The summed E-state index contributed by atoms with van der Waals surface area (Å²) >= 11 is 1.41. The minimum atomic E-state index is -0.259. The number of benzene rings is 1. The molecule has 0 fully saturated rings. The van der Waals surface area contributed by atoms with Gasteiger partial charge in [-0.25, -0.2) is 0 Å². The number of carbonyl (C=O) groups excluding carboxylic acids is 1. The van der Waals surface area contributed by atoms with Crippen LogP contribution in [-0.2, 0) is 18.4 Å². The Kier molecular flexibility index (Phi) is 5.46. The third-order valence-corrected chi connectivity index (χ3v) is 5.32. The molecule has 136 valence electrons. The SMILES string of the molecule is Cc1occc1-c1nnc(SC(C)C(=O)N(C)Cc2ccccc2)n1C. The van der Waals surface area contributed by atoms with Crippen LogP contribution in [0.25, 0.3) is 11.4 Å². The number of rotatable bonds is 6. The average Bonchev–Trinajstić information content (AvgIpc) is 3.21. The van der Waals surface area contributed by atoms with E-state index in [4.69, 9.17) is 4.42 Å². The first-order valence-electron chi connectivity index (χ1n) is 8.36.